The average Bonchev–Trinajstić information content (AvgIpc) is 3.52. The first-order valence-corrected chi connectivity index (χ1v) is 12.3. The van der Waals surface area contributed by atoms with Crippen LogP contribution < -0.4 is 5.32 Å². The number of hydrogen-bond donors (Lipinski definition) is 3. The Morgan fingerprint density at radius 1 is 0.895 bits per heavy atom. The third-order valence-electron chi connectivity index (χ3n) is 6.48. The highest BCUT2D eigenvalue weighted by Crippen LogP contribution is 2.35. The highest BCUT2D eigenvalue weighted by molar-refractivity contribution is 6.01. The van der Waals surface area contributed by atoms with Gasteiger partial charge in [0.2, 0.25) is 5.91 Å². The maximum atomic E-state index is 13.9. The fourth-order valence-electron chi connectivity index (χ4n) is 4.44. The summed E-state index contributed by atoms with van der Waals surface area (Å²) in [4.78, 5) is 24.8. The first-order valence-electron chi connectivity index (χ1n) is 12.3. The van der Waals surface area contributed by atoms with Crippen molar-refractivity contribution in [2.75, 3.05) is 5.32 Å². The number of benzene rings is 2. The summed E-state index contributed by atoms with van der Waals surface area (Å²) < 4.78 is 13.9. The minimum atomic E-state index is -0.521. The van der Waals surface area contributed by atoms with Crippen molar-refractivity contribution in [2.24, 2.45) is 5.41 Å². The Hall–Kier alpha value is -4.85. The lowest BCUT2D eigenvalue weighted by atomic mass is 9.95. The number of fused-ring (bicyclic) bond motifs is 2. The molecule has 0 bridgehead atoms. The van der Waals surface area contributed by atoms with E-state index in [0.717, 1.165) is 49.9 Å². The van der Waals surface area contributed by atoms with Crippen LogP contribution in [0.4, 0.5) is 10.1 Å². The lowest BCUT2D eigenvalue weighted by molar-refractivity contribution is -0.123. The average molecular weight is 505 g/mol. The van der Waals surface area contributed by atoms with E-state index < -0.39 is 5.41 Å². The number of amides is 1. The van der Waals surface area contributed by atoms with Crippen LogP contribution in [0.1, 0.15) is 20.8 Å². The van der Waals surface area contributed by atoms with E-state index in [9.17, 15) is 9.18 Å². The molecule has 0 spiro atoms. The maximum Gasteiger partial charge on any atom is 0.229 e. The molecule has 7 nitrogen and oxygen atoms in total. The molecule has 6 aromatic rings. The Morgan fingerprint density at radius 2 is 1.74 bits per heavy atom. The van der Waals surface area contributed by atoms with E-state index in [1.807, 2.05) is 63.2 Å². The number of hydrogen-bond acceptors (Lipinski definition) is 4. The van der Waals surface area contributed by atoms with Crippen molar-refractivity contribution < 1.29 is 9.18 Å². The number of carbonyl (C=O) groups is 1. The van der Waals surface area contributed by atoms with Gasteiger partial charge in [0.15, 0.2) is 0 Å². The van der Waals surface area contributed by atoms with Crippen molar-refractivity contribution in [1.29, 1.82) is 0 Å². The van der Waals surface area contributed by atoms with Gasteiger partial charge in [-0.15, -0.1) is 0 Å². The second-order valence-electron chi connectivity index (χ2n) is 10.3. The van der Waals surface area contributed by atoms with Crippen LogP contribution in [-0.2, 0) is 4.79 Å². The summed E-state index contributed by atoms with van der Waals surface area (Å²) in [7, 11) is 0. The summed E-state index contributed by atoms with van der Waals surface area (Å²) in [6.07, 6.45) is 5.08. The number of carbonyl (C=O) groups excluding carboxylic acids is 1. The summed E-state index contributed by atoms with van der Waals surface area (Å²) in [6.45, 7) is 5.59. The Labute approximate surface area is 218 Å². The number of aromatic amines is 2. The molecule has 1 amide bonds. The molecule has 38 heavy (non-hydrogen) atoms. The van der Waals surface area contributed by atoms with E-state index in [1.54, 1.807) is 24.7 Å². The molecule has 3 N–H and O–H groups in total. The second kappa shape index (κ2) is 8.92. The van der Waals surface area contributed by atoms with Gasteiger partial charge in [-0.3, -0.25) is 19.9 Å². The molecule has 0 unspecified atom stereocenters. The fourth-order valence-corrected chi connectivity index (χ4v) is 4.44. The number of anilines is 1. The highest BCUT2D eigenvalue weighted by Gasteiger charge is 2.21. The van der Waals surface area contributed by atoms with Gasteiger partial charge < -0.3 is 10.3 Å². The van der Waals surface area contributed by atoms with Crippen LogP contribution in [0.2, 0.25) is 0 Å². The van der Waals surface area contributed by atoms with Gasteiger partial charge in [-0.05, 0) is 47.5 Å². The molecule has 6 rings (SSSR count). The van der Waals surface area contributed by atoms with Gasteiger partial charge in [-0.25, -0.2) is 4.39 Å². The first kappa shape index (κ1) is 23.5. The lowest BCUT2D eigenvalue weighted by Crippen LogP contribution is -2.27. The topological polar surface area (TPSA) is 99.4 Å². The van der Waals surface area contributed by atoms with Crippen LogP contribution >= 0.6 is 0 Å². The van der Waals surface area contributed by atoms with Crippen molar-refractivity contribution in [2.45, 2.75) is 20.8 Å². The zero-order valence-corrected chi connectivity index (χ0v) is 21.1. The van der Waals surface area contributed by atoms with Gasteiger partial charge in [0.05, 0.1) is 35.0 Å². The van der Waals surface area contributed by atoms with Crippen molar-refractivity contribution in [3.8, 4) is 33.8 Å². The van der Waals surface area contributed by atoms with Gasteiger partial charge >= 0.3 is 0 Å². The number of aromatic nitrogens is 5. The molecule has 0 radical (unpaired) electrons. The molecule has 8 heteroatoms. The predicted octanol–water partition coefficient (Wildman–Crippen LogP) is 6.96. The zero-order chi connectivity index (χ0) is 26.4. The van der Waals surface area contributed by atoms with Crippen molar-refractivity contribution in [3.63, 3.8) is 0 Å². The molecule has 0 fully saturated rings. The lowest BCUT2D eigenvalue weighted by Gasteiger charge is -2.17. The normalized spacial score (nSPS) is 11.8. The molecule has 4 aromatic heterocycles. The van der Waals surface area contributed by atoms with Crippen molar-refractivity contribution >= 4 is 33.4 Å². The van der Waals surface area contributed by atoms with E-state index in [0.29, 0.717) is 11.4 Å². The molecule has 2 aromatic carbocycles. The quantitative estimate of drug-likeness (QED) is 0.242. The molecular formula is C30H25FN6O. The number of halogens is 1. The molecule has 0 aliphatic rings. The Morgan fingerprint density at radius 3 is 2.55 bits per heavy atom. The van der Waals surface area contributed by atoms with Crippen LogP contribution in [-0.4, -0.2) is 31.1 Å². The number of nitrogens with one attached hydrogen (secondary N) is 3. The Bertz CT molecular complexity index is 1830. The van der Waals surface area contributed by atoms with E-state index in [4.69, 9.17) is 0 Å². The Kier molecular flexibility index (Phi) is 5.52. The molecule has 188 valence electrons. The van der Waals surface area contributed by atoms with Gasteiger partial charge in [0, 0.05) is 33.5 Å². The van der Waals surface area contributed by atoms with Crippen LogP contribution in [0.5, 0.6) is 0 Å². The van der Waals surface area contributed by atoms with Gasteiger partial charge in [-0.1, -0.05) is 45.0 Å². The predicted molar refractivity (Wildman–Crippen MR) is 148 cm³/mol. The fraction of sp³-hybridized carbons (Fsp3) is 0.133. The van der Waals surface area contributed by atoms with E-state index in [2.05, 4.69) is 30.5 Å². The van der Waals surface area contributed by atoms with Gasteiger partial charge in [0.25, 0.3) is 0 Å². The molecule has 0 aliphatic carbocycles. The molecule has 0 atom stereocenters. The molecule has 4 heterocycles. The third kappa shape index (κ3) is 4.30. The Balaban J connectivity index is 1.40. The van der Waals surface area contributed by atoms with Crippen LogP contribution in [0.25, 0.3) is 55.6 Å². The van der Waals surface area contributed by atoms with E-state index in [-0.39, 0.29) is 11.7 Å². The summed E-state index contributed by atoms with van der Waals surface area (Å²) >= 11 is 0. The molecule has 0 saturated heterocycles. The summed E-state index contributed by atoms with van der Waals surface area (Å²) in [5.41, 5.74) is 6.61. The SMILES string of the molecule is CC(C)(C)C(=O)Nc1cncc(-c2cc3c(-c4cc5c(-c6cccc(F)c6)cccc5[nH]4)n[nH]c3cn2)c1. The van der Waals surface area contributed by atoms with E-state index >= 15 is 0 Å². The van der Waals surface area contributed by atoms with Crippen LogP contribution in [0, 0.1) is 11.2 Å². The smallest absolute Gasteiger partial charge is 0.229 e. The van der Waals surface area contributed by atoms with Crippen LogP contribution in [0.3, 0.4) is 0 Å². The van der Waals surface area contributed by atoms with Crippen molar-refractivity contribution in [1.82, 2.24) is 25.1 Å². The van der Waals surface area contributed by atoms with Crippen molar-refractivity contribution in [3.05, 3.63) is 85.1 Å². The first-order chi connectivity index (χ1) is 18.3. The summed E-state index contributed by atoms with van der Waals surface area (Å²) in [5.74, 6) is -0.362. The maximum absolute atomic E-state index is 13.9. The monoisotopic (exact) mass is 504 g/mol. The minimum Gasteiger partial charge on any atom is -0.353 e. The number of pyridine rings is 2. The van der Waals surface area contributed by atoms with E-state index in [1.165, 1.54) is 12.1 Å². The zero-order valence-electron chi connectivity index (χ0n) is 21.1. The van der Waals surface area contributed by atoms with Gasteiger partial charge in [0.1, 0.15) is 11.5 Å². The standard InChI is InChI=1S/C30H25FN6O/c1-30(2,3)29(38)34-20-11-18(14-32-15-20)25-13-23-27(16-33-25)36-37-28(23)26-12-22-21(8-5-9-24(22)35-26)17-6-4-7-19(31)10-17/h4-16,35H,1-3H3,(H,34,38)(H,36,37). The molecular weight excluding hydrogens is 479 g/mol. The summed E-state index contributed by atoms with van der Waals surface area (Å²) in [5, 5.41) is 12.4. The largest absolute Gasteiger partial charge is 0.353 e. The number of H-pyrrole nitrogens is 2. The number of nitrogens with zero attached hydrogens (tertiary/aromatic N) is 3. The molecule has 0 aliphatic heterocycles. The minimum absolute atomic E-state index is 0.0894. The van der Waals surface area contributed by atoms with Gasteiger partial charge in [-0.2, -0.15) is 5.10 Å². The highest BCUT2D eigenvalue weighted by atomic mass is 19.1. The third-order valence-corrected chi connectivity index (χ3v) is 6.48. The summed E-state index contributed by atoms with van der Waals surface area (Å²) in [6, 6.07) is 18.4. The van der Waals surface area contributed by atoms with Crippen LogP contribution in [0.15, 0.2) is 79.3 Å². The second-order valence-corrected chi connectivity index (χ2v) is 10.3. The molecule has 0 saturated carbocycles. The number of rotatable bonds is 4.